The summed E-state index contributed by atoms with van der Waals surface area (Å²) < 4.78 is 0. The number of rotatable bonds is 3. The molecule has 1 N–H and O–H groups in total. The smallest absolute Gasteiger partial charge is 0.336 e. The second kappa shape index (κ2) is 5.43. The van der Waals surface area contributed by atoms with Gasteiger partial charge in [0.15, 0.2) is 5.78 Å². The van der Waals surface area contributed by atoms with E-state index < -0.39 is 5.97 Å². The van der Waals surface area contributed by atoms with Gasteiger partial charge in [-0.3, -0.25) is 4.79 Å². The molecular formula is C14H8Cl2O3. The molecular weight excluding hydrogens is 287 g/mol. The number of carbonyl (C=O) groups excluding carboxylic acids is 1. The minimum Gasteiger partial charge on any atom is -0.478 e. The predicted molar refractivity (Wildman–Crippen MR) is 73.3 cm³/mol. The highest BCUT2D eigenvalue weighted by atomic mass is 35.5. The van der Waals surface area contributed by atoms with Crippen molar-refractivity contribution in [3.63, 3.8) is 0 Å². The van der Waals surface area contributed by atoms with E-state index in [-0.39, 0.29) is 21.9 Å². The van der Waals surface area contributed by atoms with Crippen LogP contribution in [0.15, 0.2) is 42.5 Å². The summed E-state index contributed by atoms with van der Waals surface area (Å²) in [6.45, 7) is 0. The fourth-order valence-electron chi connectivity index (χ4n) is 1.65. The van der Waals surface area contributed by atoms with E-state index in [1.54, 1.807) is 24.3 Å². The Morgan fingerprint density at radius 3 is 2.00 bits per heavy atom. The Kier molecular flexibility index (Phi) is 3.88. The lowest BCUT2D eigenvalue weighted by Gasteiger charge is -2.06. The van der Waals surface area contributed by atoms with E-state index >= 15 is 0 Å². The van der Waals surface area contributed by atoms with Crippen LogP contribution in [-0.2, 0) is 0 Å². The molecule has 0 aliphatic carbocycles. The van der Waals surface area contributed by atoms with Crippen LogP contribution in [0.4, 0.5) is 0 Å². The maximum atomic E-state index is 12.2. The number of carbonyl (C=O) groups is 2. The molecule has 0 aliphatic heterocycles. The van der Waals surface area contributed by atoms with Crippen LogP contribution in [0, 0.1) is 0 Å². The Labute approximate surface area is 119 Å². The van der Waals surface area contributed by atoms with Crippen molar-refractivity contribution in [3.05, 3.63) is 69.2 Å². The molecule has 96 valence electrons. The standard InChI is InChI=1S/C14H8Cl2O3/c15-9-3-1-8(2-4-9)13(17)11-6-5-10(16)7-12(11)14(18)19/h1-7H,(H,18,19). The maximum Gasteiger partial charge on any atom is 0.336 e. The van der Waals surface area contributed by atoms with Crippen LogP contribution in [0.5, 0.6) is 0 Å². The summed E-state index contributed by atoms with van der Waals surface area (Å²) in [7, 11) is 0. The van der Waals surface area contributed by atoms with Crippen molar-refractivity contribution in [2.24, 2.45) is 0 Å². The SMILES string of the molecule is O=C(O)c1cc(Cl)ccc1C(=O)c1ccc(Cl)cc1. The molecule has 2 aromatic carbocycles. The third kappa shape index (κ3) is 2.95. The molecule has 0 saturated heterocycles. The molecule has 5 heteroatoms. The Morgan fingerprint density at radius 2 is 1.42 bits per heavy atom. The minimum atomic E-state index is -1.19. The molecule has 3 nitrogen and oxygen atoms in total. The summed E-state index contributed by atoms with van der Waals surface area (Å²) in [5.74, 6) is -1.58. The average Bonchev–Trinajstić information content (AvgIpc) is 2.38. The Hall–Kier alpha value is -1.84. The van der Waals surface area contributed by atoms with Crippen LogP contribution in [-0.4, -0.2) is 16.9 Å². The summed E-state index contributed by atoms with van der Waals surface area (Å²) in [6, 6.07) is 10.4. The molecule has 0 aromatic heterocycles. The lowest BCUT2D eigenvalue weighted by atomic mass is 9.98. The molecule has 2 aromatic rings. The zero-order chi connectivity index (χ0) is 14.0. The zero-order valence-corrected chi connectivity index (χ0v) is 11.1. The Morgan fingerprint density at radius 1 is 0.842 bits per heavy atom. The molecule has 2 rings (SSSR count). The number of halogens is 2. The van der Waals surface area contributed by atoms with Gasteiger partial charge in [-0.25, -0.2) is 4.79 Å². The fraction of sp³-hybridized carbons (Fsp3) is 0. The molecule has 0 amide bonds. The minimum absolute atomic E-state index is 0.0965. The van der Waals surface area contributed by atoms with E-state index in [9.17, 15) is 9.59 Å². The van der Waals surface area contributed by atoms with Crippen molar-refractivity contribution in [2.45, 2.75) is 0 Å². The van der Waals surface area contributed by atoms with Gasteiger partial charge in [-0.2, -0.15) is 0 Å². The quantitative estimate of drug-likeness (QED) is 0.873. The van der Waals surface area contributed by atoms with Crippen molar-refractivity contribution in [1.29, 1.82) is 0 Å². The topological polar surface area (TPSA) is 54.4 Å². The molecule has 0 aliphatic rings. The molecule has 0 atom stereocenters. The van der Waals surface area contributed by atoms with Gasteiger partial charge >= 0.3 is 5.97 Å². The fourth-order valence-corrected chi connectivity index (χ4v) is 1.95. The van der Waals surface area contributed by atoms with Gasteiger partial charge in [0.05, 0.1) is 5.56 Å². The van der Waals surface area contributed by atoms with E-state index in [1.165, 1.54) is 18.2 Å². The predicted octanol–water partition coefficient (Wildman–Crippen LogP) is 3.92. The molecule has 0 radical (unpaired) electrons. The van der Waals surface area contributed by atoms with E-state index in [2.05, 4.69) is 0 Å². The number of hydrogen-bond acceptors (Lipinski definition) is 2. The lowest BCUT2D eigenvalue weighted by Crippen LogP contribution is -2.09. The van der Waals surface area contributed by atoms with Gasteiger partial charge in [0.25, 0.3) is 0 Å². The van der Waals surface area contributed by atoms with Gasteiger partial charge in [0.2, 0.25) is 0 Å². The molecule has 0 fully saturated rings. The summed E-state index contributed by atoms with van der Waals surface area (Å²) in [6.07, 6.45) is 0. The van der Waals surface area contributed by atoms with E-state index in [0.717, 1.165) is 0 Å². The summed E-state index contributed by atoms with van der Waals surface area (Å²) in [5, 5.41) is 9.87. The van der Waals surface area contributed by atoms with Crippen molar-refractivity contribution in [3.8, 4) is 0 Å². The largest absolute Gasteiger partial charge is 0.478 e. The molecule has 19 heavy (non-hydrogen) atoms. The maximum absolute atomic E-state index is 12.2. The Balaban J connectivity index is 2.49. The normalized spacial score (nSPS) is 10.2. The number of aromatic carboxylic acids is 1. The first-order valence-electron chi connectivity index (χ1n) is 5.32. The van der Waals surface area contributed by atoms with Crippen LogP contribution >= 0.6 is 23.2 Å². The number of benzene rings is 2. The van der Waals surface area contributed by atoms with Crippen LogP contribution in [0.1, 0.15) is 26.3 Å². The van der Waals surface area contributed by atoms with Gasteiger partial charge in [0, 0.05) is 21.2 Å². The molecule has 0 bridgehead atoms. The molecule has 0 heterocycles. The first-order valence-corrected chi connectivity index (χ1v) is 6.08. The molecule has 0 saturated carbocycles. The highest BCUT2D eigenvalue weighted by Gasteiger charge is 2.18. The molecule has 0 spiro atoms. The third-order valence-corrected chi connectivity index (χ3v) is 3.05. The Bertz CT molecular complexity index is 648. The second-order valence-corrected chi connectivity index (χ2v) is 4.70. The van der Waals surface area contributed by atoms with Gasteiger partial charge in [-0.15, -0.1) is 0 Å². The van der Waals surface area contributed by atoms with Gasteiger partial charge in [-0.05, 0) is 42.5 Å². The van der Waals surface area contributed by atoms with Crippen molar-refractivity contribution in [2.75, 3.05) is 0 Å². The van der Waals surface area contributed by atoms with Crippen LogP contribution in [0.3, 0.4) is 0 Å². The van der Waals surface area contributed by atoms with E-state index in [0.29, 0.717) is 10.6 Å². The number of ketones is 1. The third-order valence-electron chi connectivity index (χ3n) is 2.56. The van der Waals surface area contributed by atoms with Gasteiger partial charge < -0.3 is 5.11 Å². The monoisotopic (exact) mass is 294 g/mol. The highest BCUT2D eigenvalue weighted by molar-refractivity contribution is 6.31. The zero-order valence-electron chi connectivity index (χ0n) is 9.56. The summed E-state index contributed by atoms with van der Waals surface area (Å²) in [4.78, 5) is 23.4. The second-order valence-electron chi connectivity index (χ2n) is 3.83. The van der Waals surface area contributed by atoms with Crippen molar-refractivity contribution < 1.29 is 14.7 Å². The highest BCUT2D eigenvalue weighted by Crippen LogP contribution is 2.20. The summed E-state index contributed by atoms with van der Waals surface area (Å²) >= 11 is 11.5. The van der Waals surface area contributed by atoms with Crippen LogP contribution in [0.2, 0.25) is 10.0 Å². The first kappa shape index (κ1) is 13.6. The number of carboxylic acids is 1. The lowest BCUT2D eigenvalue weighted by molar-refractivity contribution is 0.0693. The van der Waals surface area contributed by atoms with Crippen LogP contribution in [0.25, 0.3) is 0 Å². The number of hydrogen-bond donors (Lipinski definition) is 1. The molecule has 0 unspecified atom stereocenters. The van der Waals surface area contributed by atoms with Crippen molar-refractivity contribution >= 4 is 35.0 Å². The van der Waals surface area contributed by atoms with Crippen molar-refractivity contribution in [1.82, 2.24) is 0 Å². The van der Waals surface area contributed by atoms with E-state index in [4.69, 9.17) is 28.3 Å². The van der Waals surface area contributed by atoms with E-state index in [1.807, 2.05) is 0 Å². The first-order chi connectivity index (χ1) is 8.99. The number of carboxylic acid groups (broad SMARTS) is 1. The summed E-state index contributed by atoms with van der Waals surface area (Å²) in [5.41, 5.74) is 0.348. The van der Waals surface area contributed by atoms with Gasteiger partial charge in [0.1, 0.15) is 0 Å². The average molecular weight is 295 g/mol. The van der Waals surface area contributed by atoms with Gasteiger partial charge in [-0.1, -0.05) is 23.2 Å². The van der Waals surface area contributed by atoms with Crippen LogP contribution < -0.4 is 0 Å².